The highest BCUT2D eigenvalue weighted by atomic mass is 35.5. The zero-order valence-corrected chi connectivity index (χ0v) is 10.5. The van der Waals surface area contributed by atoms with Crippen LogP contribution in [0.15, 0.2) is 30.5 Å². The number of anilines is 1. The van der Waals surface area contributed by atoms with E-state index in [0.717, 1.165) is 24.3 Å². The third-order valence-corrected chi connectivity index (χ3v) is 2.50. The lowest BCUT2D eigenvalue weighted by atomic mass is 10.2. The number of hydrogen-bond acceptors (Lipinski definition) is 5. The van der Waals surface area contributed by atoms with Crippen molar-refractivity contribution in [2.45, 2.75) is 6.18 Å². The van der Waals surface area contributed by atoms with E-state index in [1.54, 1.807) is 0 Å². The second-order valence-electron chi connectivity index (χ2n) is 3.62. The molecule has 5 nitrogen and oxygen atoms in total. The molecule has 0 spiro atoms. The first-order valence-electron chi connectivity index (χ1n) is 5.24. The van der Waals surface area contributed by atoms with Gasteiger partial charge in [-0.25, -0.2) is 10.8 Å². The smallest absolute Gasteiger partial charge is 0.416 e. The number of nitrogens with two attached hydrogens (primary N) is 1. The summed E-state index contributed by atoms with van der Waals surface area (Å²) in [6, 6.07) is 4.12. The topological polar surface area (TPSA) is 73.1 Å². The molecule has 0 atom stereocenters. The normalized spacial score (nSPS) is 11.2. The Labute approximate surface area is 116 Å². The number of nitrogen functional groups attached to an aromatic ring is 1. The number of nitrogens with zero attached hydrogens (tertiary/aromatic N) is 2. The van der Waals surface area contributed by atoms with E-state index in [9.17, 15) is 13.2 Å². The molecule has 20 heavy (non-hydrogen) atoms. The van der Waals surface area contributed by atoms with Crippen LogP contribution in [-0.4, -0.2) is 9.97 Å². The van der Waals surface area contributed by atoms with Gasteiger partial charge in [0.2, 0.25) is 11.8 Å². The maximum absolute atomic E-state index is 12.4. The Balaban J connectivity index is 2.22. The first-order chi connectivity index (χ1) is 9.40. The lowest BCUT2D eigenvalue weighted by molar-refractivity contribution is -0.137. The van der Waals surface area contributed by atoms with E-state index in [4.69, 9.17) is 22.2 Å². The zero-order chi connectivity index (χ0) is 14.8. The third-order valence-electron chi connectivity index (χ3n) is 2.24. The number of hydrazine groups is 1. The summed E-state index contributed by atoms with van der Waals surface area (Å²) in [5.41, 5.74) is 1.42. The standard InChI is InChI=1S/C11H8ClF3N4O/c12-8-5-17-10(19-16)18-9(8)20-7-3-1-6(2-4-7)11(13,14)15/h1-5H,16H2,(H,17,18,19). The van der Waals surface area contributed by atoms with Gasteiger partial charge < -0.3 is 4.74 Å². The molecule has 0 radical (unpaired) electrons. The van der Waals surface area contributed by atoms with Crippen LogP contribution in [0, 0.1) is 0 Å². The van der Waals surface area contributed by atoms with Crippen LogP contribution in [0.5, 0.6) is 11.6 Å². The predicted molar refractivity (Wildman–Crippen MR) is 66.4 cm³/mol. The Morgan fingerprint density at radius 1 is 1.20 bits per heavy atom. The van der Waals surface area contributed by atoms with Crippen molar-refractivity contribution in [3.05, 3.63) is 41.0 Å². The Hall–Kier alpha value is -2.06. The Kier molecular flexibility index (Phi) is 3.96. The number of aromatic nitrogens is 2. The van der Waals surface area contributed by atoms with Gasteiger partial charge in [-0.15, -0.1) is 0 Å². The van der Waals surface area contributed by atoms with Gasteiger partial charge in [-0.1, -0.05) is 11.6 Å². The van der Waals surface area contributed by atoms with Crippen molar-refractivity contribution < 1.29 is 17.9 Å². The summed E-state index contributed by atoms with van der Waals surface area (Å²) in [7, 11) is 0. The molecular weight excluding hydrogens is 297 g/mol. The van der Waals surface area contributed by atoms with Crippen LogP contribution < -0.4 is 16.0 Å². The highest BCUT2D eigenvalue weighted by molar-refractivity contribution is 6.31. The summed E-state index contributed by atoms with van der Waals surface area (Å²) in [6.07, 6.45) is -3.15. The molecule has 2 aromatic rings. The second-order valence-corrected chi connectivity index (χ2v) is 4.02. The summed E-state index contributed by atoms with van der Waals surface area (Å²) < 4.78 is 42.5. The van der Waals surface area contributed by atoms with Crippen molar-refractivity contribution in [1.29, 1.82) is 0 Å². The highest BCUT2D eigenvalue weighted by Crippen LogP contribution is 2.32. The molecule has 0 aliphatic rings. The van der Waals surface area contributed by atoms with E-state index < -0.39 is 11.7 Å². The molecule has 3 N–H and O–H groups in total. The Morgan fingerprint density at radius 3 is 2.40 bits per heavy atom. The number of nitrogens with one attached hydrogen (secondary N) is 1. The number of rotatable bonds is 3. The van der Waals surface area contributed by atoms with Gasteiger partial charge in [-0.2, -0.15) is 18.2 Å². The third kappa shape index (κ3) is 3.28. The second kappa shape index (κ2) is 5.51. The summed E-state index contributed by atoms with van der Waals surface area (Å²) >= 11 is 5.81. The molecular formula is C11H8ClF3N4O. The molecule has 0 unspecified atom stereocenters. The van der Waals surface area contributed by atoms with E-state index in [0.29, 0.717) is 0 Å². The minimum atomic E-state index is -4.40. The minimum Gasteiger partial charge on any atom is -0.437 e. The van der Waals surface area contributed by atoms with Crippen LogP contribution in [0.2, 0.25) is 5.02 Å². The molecule has 2 rings (SSSR count). The van der Waals surface area contributed by atoms with E-state index in [-0.39, 0.29) is 22.6 Å². The first kappa shape index (κ1) is 14.4. The number of alkyl halides is 3. The molecule has 1 aromatic carbocycles. The van der Waals surface area contributed by atoms with Crippen molar-refractivity contribution in [2.24, 2.45) is 5.84 Å². The largest absolute Gasteiger partial charge is 0.437 e. The van der Waals surface area contributed by atoms with Gasteiger partial charge >= 0.3 is 6.18 Å². The number of hydrogen-bond donors (Lipinski definition) is 2. The quantitative estimate of drug-likeness (QED) is 0.673. The minimum absolute atomic E-state index is 0.0191. The Morgan fingerprint density at radius 2 is 1.85 bits per heavy atom. The fourth-order valence-electron chi connectivity index (χ4n) is 1.32. The summed E-state index contributed by atoms with van der Waals surface area (Å²) in [5, 5.41) is 0.101. The van der Waals surface area contributed by atoms with Crippen LogP contribution in [0.1, 0.15) is 5.56 Å². The van der Waals surface area contributed by atoms with Crippen LogP contribution in [-0.2, 0) is 6.18 Å². The highest BCUT2D eigenvalue weighted by Gasteiger charge is 2.30. The molecule has 0 saturated carbocycles. The maximum Gasteiger partial charge on any atom is 0.416 e. The average Bonchev–Trinajstić information content (AvgIpc) is 2.41. The van der Waals surface area contributed by atoms with Crippen molar-refractivity contribution >= 4 is 17.5 Å². The van der Waals surface area contributed by atoms with Gasteiger partial charge in [-0.3, -0.25) is 5.43 Å². The van der Waals surface area contributed by atoms with Crippen LogP contribution in [0.25, 0.3) is 0 Å². The Bertz CT molecular complexity index is 604. The molecule has 0 amide bonds. The maximum atomic E-state index is 12.4. The van der Waals surface area contributed by atoms with Crippen LogP contribution >= 0.6 is 11.6 Å². The molecule has 0 aliphatic heterocycles. The molecule has 0 aliphatic carbocycles. The lowest BCUT2D eigenvalue weighted by Crippen LogP contribution is -2.10. The fourth-order valence-corrected chi connectivity index (χ4v) is 1.45. The van der Waals surface area contributed by atoms with Crippen LogP contribution in [0.3, 0.4) is 0 Å². The monoisotopic (exact) mass is 304 g/mol. The fraction of sp³-hybridized carbons (Fsp3) is 0.0909. The number of ether oxygens (including phenoxy) is 1. The van der Waals surface area contributed by atoms with E-state index >= 15 is 0 Å². The SMILES string of the molecule is NNc1ncc(Cl)c(Oc2ccc(C(F)(F)F)cc2)n1. The van der Waals surface area contributed by atoms with Gasteiger partial charge in [0.15, 0.2) is 0 Å². The number of halogens is 4. The summed E-state index contributed by atoms with van der Waals surface area (Å²) in [4.78, 5) is 7.57. The van der Waals surface area contributed by atoms with Crippen molar-refractivity contribution in [1.82, 2.24) is 9.97 Å². The first-order valence-corrected chi connectivity index (χ1v) is 5.62. The van der Waals surface area contributed by atoms with Gasteiger partial charge in [-0.05, 0) is 24.3 Å². The number of benzene rings is 1. The predicted octanol–water partition coefficient (Wildman–Crippen LogP) is 3.23. The van der Waals surface area contributed by atoms with E-state index in [2.05, 4.69) is 15.4 Å². The zero-order valence-electron chi connectivity index (χ0n) is 9.78. The molecule has 9 heteroatoms. The van der Waals surface area contributed by atoms with E-state index in [1.165, 1.54) is 6.20 Å². The van der Waals surface area contributed by atoms with E-state index in [1.807, 2.05) is 0 Å². The van der Waals surface area contributed by atoms with Crippen molar-refractivity contribution in [3.63, 3.8) is 0 Å². The molecule has 0 fully saturated rings. The average molecular weight is 305 g/mol. The summed E-state index contributed by atoms with van der Waals surface area (Å²) in [6.45, 7) is 0. The summed E-state index contributed by atoms with van der Waals surface area (Å²) in [5.74, 6) is 5.33. The van der Waals surface area contributed by atoms with Crippen molar-refractivity contribution in [2.75, 3.05) is 5.43 Å². The lowest BCUT2D eigenvalue weighted by Gasteiger charge is -2.09. The van der Waals surface area contributed by atoms with Gasteiger partial charge in [0.25, 0.3) is 0 Å². The molecule has 0 saturated heterocycles. The van der Waals surface area contributed by atoms with Gasteiger partial charge in [0, 0.05) is 0 Å². The molecule has 106 valence electrons. The van der Waals surface area contributed by atoms with Crippen molar-refractivity contribution in [3.8, 4) is 11.6 Å². The van der Waals surface area contributed by atoms with Gasteiger partial charge in [0.1, 0.15) is 10.8 Å². The molecule has 1 heterocycles. The van der Waals surface area contributed by atoms with Crippen LogP contribution in [0.4, 0.5) is 19.1 Å². The molecule has 0 bridgehead atoms. The molecule has 1 aromatic heterocycles. The van der Waals surface area contributed by atoms with Gasteiger partial charge in [0.05, 0.1) is 11.8 Å².